The van der Waals surface area contributed by atoms with Crippen molar-refractivity contribution in [3.8, 4) is 0 Å². The van der Waals surface area contributed by atoms with Gasteiger partial charge in [-0.2, -0.15) is 0 Å². The van der Waals surface area contributed by atoms with Crippen LogP contribution in [0, 0.1) is 6.92 Å². The first-order valence-electron chi connectivity index (χ1n) is 5.39. The van der Waals surface area contributed by atoms with Crippen LogP contribution in [0.5, 0.6) is 0 Å². The summed E-state index contributed by atoms with van der Waals surface area (Å²) in [4.78, 5) is 12.3. The van der Waals surface area contributed by atoms with Crippen LogP contribution in [0.15, 0.2) is 34.8 Å². The molecule has 0 fully saturated rings. The number of rotatable bonds is 4. The molecule has 0 radical (unpaired) electrons. The monoisotopic (exact) mass is 325 g/mol. The van der Waals surface area contributed by atoms with Crippen molar-refractivity contribution in [1.82, 2.24) is 0 Å². The molecule has 1 aromatic heterocycles. The highest BCUT2D eigenvalue weighted by Crippen LogP contribution is 2.25. The lowest BCUT2D eigenvalue weighted by atomic mass is 10.2. The number of aromatic carboxylic acids is 1. The van der Waals surface area contributed by atoms with E-state index >= 15 is 0 Å². The van der Waals surface area contributed by atoms with Crippen LogP contribution in [-0.4, -0.2) is 11.1 Å². The summed E-state index contributed by atoms with van der Waals surface area (Å²) in [5, 5.41) is 12.2. The Morgan fingerprint density at radius 1 is 1.44 bits per heavy atom. The molecule has 2 rings (SSSR count). The van der Waals surface area contributed by atoms with E-state index in [1.165, 1.54) is 11.3 Å². The summed E-state index contributed by atoms with van der Waals surface area (Å²) in [6, 6.07) is 9.57. The molecule has 2 aromatic rings. The zero-order valence-electron chi connectivity index (χ0n) is 9.74. The molecule has 94 valence electrons. The molecule has 0 spiro atoms. The topological polar surface area (TPSA) is 49.3 Å². The predicted molar refractivity (Wildman–Crippen MR) is 77.5 cm³/mol. The number of anilines is 1. The van der Waals surface area contributed by atoms with Gasteiger partial charge in [0.05, 0.1) is 0 Å². The van der Waals surface area contributed by atoms with Gasteiger partial charge >= 0.3 is 5.97 Å². The van der Waals surface area contributed by atoms with Gasteiger partial charge in [0.15, 0.2) is 0 Å². The summed E-state index contributed by atoms with van der Waals surface area (Å²) in [6.07, 6.45) is 0. The van der Waals surface area contributed by atoms with Crippen LogP contribution in [-0.2, 0) is 6.54 Å². The maximum absolute atomic E-state index is 10.9. The summed E-state index contributed by atoms with van der Waals surface area (Å²) in [5.74, 6) is -0.866. The molecule has 0 atom stereocenters. The third kappa shape index (κ3) is 2.91. The van der Waals surface area contributed by atoms with Crippen molar-refractivity contribution in [3.63, 3.8) is 0 Å². The van der Waals surface area contributed by atoms with Crippen LogP contribution in [0.3, 0.4) is 0 Å². The molecule has 5 heteroatoms. The molecular weight excluding hydrogens is 314 g/mol. The highest BCUT2D eigenvalue weighted by molar-refractivity contribution is 9.10. The largest absolute Gasteiger partial charge is 0.477 e. The van der Waals surface area contributed by atoms with E-state index in [2.05, 4.69) is 21.2 Å². The smallest absolute Gasteiger partial charge is 0.345 e. The normalized spacial score (nSPS) is 10.3. The first-order chi connectivity index (χ1) is 8.58. The second-order valence-corrected chi connectivity index (χ2v) is 5.94. The summed E-state index contributed by atoms with van der Waals surface area (Å²) >= 11 is 4.77. The van der Waals surface area contributed by atoms with Crippen LogP contribution in [0.25, 0.3) is 0 Å². The molecule has 0 aliphatic heterocycles. The Kier molecular flexibility index (Phi) is 4.04. The number of hydrogen-bond donors (Lipinski definition) is 2. The van der Waals surface area contributed by atoms with Crippen LogP contribution in [0.2, 0.25) is 0 Å². The summed E-state index contributed by atoms with van der Waals surface area (Å²) < 4.78 is 0.997. The summed E-state index contributed by atoms with van der Waals surface area (Å²) in [6.45, 7) is 2.56. The highest BCUT2D eigenvalue weighted by Gasteiger charge is 2.10. The first kappa shape index (κ1) is 13.1. The van der Waals surface area contributed by atoms with Crippen LogP contribution in [0.4, 0.5) is 5.69 Å². The number of aryl methyl sites for hydroxylation is 1. The Bertz CT molecular complexity index is 580. The lowest BCUT2D eigenvalue weighted by molar-refractivity contribution is 0.0702. The van der Waals surface area contributed by atoms with Gasteiger partial charge in [-0.1, -0.05) is 12.1 Å². The highest BCUT2D eigenvalue weighted by atomic mass is 79.9. The number of para-hydroxylation sites is 1. The Hall–Kier alpha value is -1.33. The van der Waals surface area contributed by atoms with Crippen molar-refractivity contribution in [3.05, 3.63) is 50.1 Å². The molecule has 0 saturated heterocycles. The van der Waals surface area contributed by atoms with E-state index in [1.807, 2.05) is 31.2 Å². The van der Waals surface area contributed by atoms with E-state index in [9.17, 15) is 4.79 Å². The SMILES string of the molecule is Cc1sc(C(=O)O)cc1CNc1ccccc1Br. The molecule has 2 N–H and O–H groups in total. The zero-order chi connectivity index (χ0) is 13.1. The lowest BCUT2D eigenvalue weighted by Gasteiger charge is -2.07. The molecule has 0 amide bonds. The van der Waals surface area contributed by atoms with Gasteiger partial charge < -0.3 is 10.4 Å². The first-order valence-corrected chi connectivity index (χ1v) is 7.00. The van der Waals surface area contributed by atoms with Crippen LogP contribution in [0.1, 0.15) is 20.1 Å². The van der Waals surface area contributed by atoms with Crippen molar-refractivity contribution in [2.45, 2.75) is 13.5 Å². The second-order valence-electron chi connectivity index (χ2n) is 3.83. The van der Waals surface area contributed by atoms with E-state index < -0.39 is 5.97 Å². The number of carbonyl (C=O) groups is 1. The van der Waals surface area contributed by atoms with Gasteiger partial charge in [-0.3, -0.25) is 0 Å². The molecule has 1 aromatic carbocycles. The number of halogens is 1. The summed E-state index contributed by atoms with van der Waals surface area (Å²) in [7, 11) is 0. The fourth-order valence-electron chi connectivity index (χ4n) is 1.60. The second kappa shape index (κ2) is 5.54. The molecule has 0 unspecified atom stereocenters. The van der Waals surface area contributed by atoms with E-state index in [0.29, 0.717) is 11.4 Å². The average Bonchev–Trinajstić information content (AvgIpc) is 2.70. The molecule has 1 heterocycles. The maximum atomic E-state index is 10.9. The van der Waals surface area contributed by atoms with Gasteiger partial charge in [0, 0.05) is 21.6 Å². The number of thiophene rings is 1. The minimum Gasteiger partial charge on any atom is -0.477 e. The number of hydrogen-bond acceptors (Lipinski definition) is 3. The Morgan fingerprint density at radius 2 is 2.17 bits per heavy atom. The van der Waals surface area contributed by atoms with Crippen molar-refractivity contribution >= 4 is 38.9 Å². The van der Waals surface area contributed by atoms with Crippen molar-refractivity contribution in [1.29, 1.82) is 0 Å². The zero-order valence-corrected chi connectivity index (χ0v) is 12.1. The third-order valence-corrected chi connectivity index (χ3v) is 4.35. The number of carboxylic acid groups (broad SMARTS) is 1. The minimum absolute atomic E-state index is 0.386. The standard InChI is InChI=1S/C13H12BrNO2S/c1-8-9(6-12(18-8)13(16)17)7-15-11-5-3-2-4-10(11)14/h2-6,15H,7H2,1H3,(H,16,17). The molecule has 0 saturated carbocycles. The molecule has 3 nitrogen and oxygen atoms in total. The van der Waals surface area contributed by atoms with Crippen molar-refractivity contribution in [2.75, 3.05) is 5.32 Å². The van der Waals surface area contributed by atoms with Crippen LogP contribution < -0.4 is 5.32 Å². The van der Waals surface area contributed by atoms with E-state index in [0.717, 1.165) is 20.6 Å². The van der Waals surface area contributed by atoms with Gasteiger partial charge in [0.2, 0.25) is 0 Å². The number of carboxylic acids is 1. The molecule has 0 bridgehead atoms. The van der Waals surface area contributed by atoms with Crippen molar-refractivity contribution in [2.24, 2.45) is 0 Å². The minimum atomic E-state index is -0.866. The molecule has 0 aliphatic carbocycles. The average molecular weight is 326 g/mol. The van der Waals surface area contributed by atoms with E-state index in [1.54, 1.807) is 6.07 Å². The Balaban J connectivity index is 2.11. The van der Waals surface area contributed by atoms with Gasteiger partial charge in [-0.05, 0) is 46.6 Å². The number of benzene rings is 1. The van der Waals surface area contributed by atoms with E-state index in [4.69, 9.17) is 5.11 Å². The van der Waals surface area contributed by atoms with E-state index in [-0.39, 0.29) is 0 Å². The third-order valence-electron chi connectivity index (χ3n) is 2.57. The lowest BCUT2D eigenvalue weighted by Crippen LogP contribution is -2.00. The fourth-order valence-corrected chi connectivity index (χ4v) is 2.90. The van der Waals surface area contributed by atoms with Gasteiger partial charge in [0.25, 0.3) is 0 Å². The Morgan fingerprint density at radius 3 is 2.78 bits per heavy atom. The van der Waals surface area contributed by atoms with Gasteiger partial charge in [-0.25, -0.2) is 4.79 Å². The molecule has 18 heavy (non-hydrogen) atoms. The predicted octanol–water partition coefficient (Wildman–Crippen LogP) is 4.13. The molecular formula is C13H12BrNO2S. The van der Waals surface area contributed by atoms with Crippen LogP contribution >= 0.6 is 27.3 Å². The van der Waals surface area contributed by atoms with Gasteiger partial charge in [-0.15, -0.1) is 11.3 Å². The van der Waals surface area contributed by atoms with Crippen molar-refractivity contribution < 1.29 is 9.90 Å². The Labute approximate surface area is 118 Å². The fraction of sp³-hybridized carbons (Fsp3) is 0.154. The summed E-state index contributed by atoms with van der Waals surface area (Å²) in [5.41, 5.74) is 2.02. The molecule has 0 aliphatic rings. The van der Waals surface area contributed by atoms with Gasteiger partial charge in [0.1, 0.15) is 4.88 Å². The number of nitrogens with one attached hydrogen (secondary N) is 1. The maximum Gasteiger partial charge on any atom is 0.345 e. The quantitative estimate of drug-likeness (QED) is 0.888.